The van der Waals surface area contributed by atoms with Crippen molar-refractivity contribution >= 4 is 12.0 Å². The zero-order chi connectivity index (χ0) is 24.3. The van der Waals surface area contributed by atoms with Gasteiger partial charge in [0.05, 0.1) is 6.04 Å². The maximum Gasteiger partial charge on any atom is 0.243 e. The number of nitrogens with zero attached hydrogens (tertiary/aromatic N) is 3. The lowest BCUT2D eigenvalue weighted by atomic mass is 9.95. The maximum atomic E-state index is 12.0. The molecule has 2 heterocycles. The number of amides is 1. The first-order valence-electron chi connectivity index (χ1n) is 12.6. The lowest BCUT2D eigenvalue weighted by Crippen LogP contribution is -2.48. The van der Waals surface area contributed by atoms with Gasteiger partial charge in [0.15, 0.2) is 0 Å². The van der Waals surface area contributed by atoms with Gasteiger partial charge in [-0.25, -0.2) is 0 Å². The molecule has 1 aliphatic rings. The van der Waals surface area contributed by atoms with Crippen LogP contribution in [0.1, 0.15) is 41.1 Å². The Balaban J connectivity index is 1.20. The number of carbonyl (C=O) groups is 1. The van der Waals surface area contributed by atoms with E-state index in [1.54, 1.807) is 24.5 Å². The Bertz CT molecular complexity index is 1060. The molecule has 5 nitrogen and oxygen atoms in total. The molecule has 1 fully saturated rings. The van der Waals surface area contributed by atoms with Crippen LogP contribution in [0.15, 0.2) is 85.2 Å². The molecule has 4 rings (SSSR count). The molecule has 0 aliphatic carbocycles. The lowest BCUT2D eigenvalue weighted by molar-refractivity contribution is -0.116. The van der Waals surface area contributed by atoms with Crippen LogP contribution in [0, 0.1) is 6.92 Å². The van der Waals surface area contributed by atoms with Crippen molar-refractivity contribution < 1.29 is 4.79 Å². The van der Waals surface area contributed by atoms with Gasteiger partial charge in [-0.3, -0.25) is 14.7 Å². The van der Waals surface area contributed by atoms with Crippen molar-refractivity contribution in [3.63, 3.8) is 0 Å². The highest BCUT2D eigenvalue weighted by atomic mass is 16.1. The van der Waals surface area contributed by atoms with Gasteiger partial charge >= 0.3 is 0 Å². The Kier molecular flexibility index (Phi) is 9.21. The van der Waals surface area contributed by atoms with E-state index >= 15 is 0 Å². The number of hydrogen-bond donors (Lipinski definition) is 1. The van der Waals surface area contributed by atoms with Crippen LogP contribution < -0.4 is 5.32 Å². The van der Waals surface area contributed by atoms with Crippen LogP contribution in [-0.4, -0.2) is 60.0 Å². The van der Waals surface area contributed by atoms with Crippen LogP contribution in [0.4, 0.5) is 0 Å². The number of piperazine rings is 1. The summed E-state index contributed by atoms with van der Waals surface area (Å²) in [6, 6.07) is 23.9. The van der Waals surface area contributed by atoms with Gasteiger partial charge in [-0.1, -0.05) is 66.2 Å². The predicted octanol–water partition coefficient (Wildman–Crippen LogP) is 4.71. The van der Waals surface area contributed by atoms with E-state index in [1.807, 2.05) is 12.1 Å². The second-order valence-corrected chi connectivity index (χ2v) is 9.22. The molecule has 0 saturated carbocycles. The lowest BCUT2D eigenvalue weighted by Gasteiger charge is -2.40. The third-order valence-corrected chi connectivity index (χ3v) is 6.59. The van der Waals surface area contributed by atoms with Gasteiger partial charge in [0.25, 0.3) is 0 Å². The summed E-state index contributed by atoms with van der Waals surface area (Å²) in [5, 5.41) is 2.98. The smallest absolute Gasteiger partial charge is 0.243 e. The normalized spacial score (nSPS) is 15.8. The van der Waals surface area contributed by atoms with Crippen molar-refractivity contribution in [3.8, 4) is 0 Å². The highest BCUT2D eigenvalue weighted by Gasteiger charge is 2.26. The van der Waals surface area contributed by atoms with Gasteiger partial charge < -0.3 is 10.2 Å². The molecule has 3 aromatic rings. The fourth-order valence-corrected chi connectivity index (χ4v) is 4.62. The average molecular weight is 469 g/mol. The number of pyridine rings is 1. The second-order valence-electron chi connectivity index (χ2n) is 9.22. The summed E-state index contributed by atoms with van der Waals surface area (Å²) in [6.45, 7) is 8.21. The minimum absolute atomic E-state index is 0.0504. The summed E-state index contributed by atoms with van der Waals surface area (Å²) in [5.74, 6) is -0.0504. The molecule has 1 N–H and O–H groups in total. The number of aryl methyl sites for hydroxylation is 1. The molecule has 35 heavy (non-hydrogen) atoms. The largest absolute Gasteiger partial charge is 0.353 e. The van der Waals surface area contributed by atoms with Crippen molar-refractivity contribution in [2.75, 3.05) is 39.3 Å². The van der Waals surface area contributed by atoms with Gasteiger partial charge in [0, 0.05) is 51.2 Å². The summed E-state index contributed by atoms with van der Waals surface area (Å²) < 4.78 is 0. The van der Waals surface area contributed by atoms with Crippen molar-refractivity contribution in [2.24, 2.45) is 0 Å². The van der Waals surface area contributed by atoms with Crippen molar-refractivity contribution in [3.05, 3.63) is 107 Å². The maximum absolute atomic E-state index is 12.0. The molecular weight excluding hydrogens is 432 g/mol. The highest BCUT2D eigenvalue weighted by molar-refractivity contribution is 5.91. The zero-order valence-electron chi connectivity index (χ0n) is 20.6. The monoisotopic (exact) mass is 468 g/mol. The fraction of sp³-hybridized carbons (Fsp3) is 0.333. The fourth-order valence-electron chi connectivity index (χ4n) is 4.62. The highest BCUT2D eigenvalue weighted by Crippen LogP contribution is 2.29. The van der Waals surface area contributed by atoms with Crippen LogP contribution >= 0.6 is 0 Å². The third kappa shape index (κ3) is 7.61. The van der Waals surface area contributed by atoms with E-state index in [2.05, 4.69) is 81.6 Å². The van der Waals surface area contributed by atoms with E-state index in [-0.39, 0.29) is 5.91 Å². The van der Waals surface area contributed by atoms with Crippen LogP contribution in [-0.2, 0) is 4.79 Å². The molecule has 2 aromatic carbocycles. The molecule has 182 valence electrons. The van der Waals surface area contributed by atoms with Crippen LogP contribution in [0.2, 0.25) is 0 Å². The Morgan fingerprint density at radius 1 is 0.943 bits per heavy atom. The van der Waals surface area contributed by atoms with E-state index in [1.165, 1.54) is 16.7 Å². The summed E-state index contributed by atoms with van der Waals surface area (Å²) in [7, 11) is 0. The molecule has 1 unspecified atom stereocenters. The molecular formula is C30H36N4O. The Morgan fingerprint density at radius 2 is 1.69 bits per heavy atom. The molecule has 1 atom stereocenters. The quantitative estimate of drug-likeness (QED) is 0.346. The Morgan fingerprint density at radius 3 is 2.40 bits per heavy atom. The van der Waals surface area contributed by atoms with Crippen molar-refractivity contribution in [2.45, 2.75) is 25.8 Å². The molecule has 5 heteroatoms. The molecule has 1 aromatic heterocycles. The predicted molar refractivity (Wildman–Crippen MR) is 143 cm³/mol. The van der Waals surface area contributed by atoms with Crippen LogP contribution in [0.3, 0.4) is 0 Å². The van der Waals surface area contributed by atoms with Gasteiger partial charge in [0.2, 0.25) is 5.91 Å². The van der Waals surface area contributed by atoms with Crippen LogP contribution in [0.25, 0.3) is 6.08 Å². The second kappa shape index (κ2) is 13.0. The van der Waals surface area contributed by atoms with Crippen molar-refractivity contribution in [1.82, 2.24) is 20.1 Å². The first-order chi connectivity index (χ1) is 17.2. The number of aromatic nitrogens is 1. The molecule has 0 radical (unpaired) electrons. The molecule has 0 spiro atoms. The number of hydrogen-bond acceptors (Lipinski definition) is 4. The molecule has 0 bridgehead atoms. The standard InChI is InChI=1S/C30H36N4O/c1-25-11-14-28(15-12-25)30(27-9-3-2-4-10-27)34-22-20-33(21-23-34)19-6-5-18-32-29(35)16-13-26-8-7-17-31-24-26/h2-4,7-17,24,30H,5-6,18-23H2,1H3,(H,32,35)/b16-13+. The van der Waals surface area contributed by atoms with Gasteiger partial charge in [0.1, 0.15) is 0 Å². The topological polar surface area (TPSA) is 48.5 Å². The zero-order valence-corrected chi connectivity index (χ0v) is 20.6. The van der Waals surface area contributed by atoms with E-state index in [9.17, 15) is 4.79 Å². The first kappa shape index (κ1) is 24.8. The van der Waals surface area contributed by atoms with Crippen molar-refractivity contribution in [1.29, 1.82) is 0 Å². The third-order valence-electron chi connectivity index (χ3n) is 6.59. The van der Waals surface area contributed by atoms with E-state index < -0.39 is 0 Å². The van der Waals surface area contributed by atoms with Gasteiger partial charge in [-0.05, 0) is 55.1 Å². The minimum Gasteiger partial charge on any atom is -0.353 e. The Labute approximate surface area is 209 Å². The van der Waals surface area contributed by atoms with Gasteiger partial charge in [-0.15, -0.1) is 0 Å². The molecule has 1 saturated heterocycles. The Hall–Kier alpha value is -3.28. The number of carbonyl (C=O) groups excluding carboxylic acids is 1. The van der Waals surface area contributed by atoms with E-state index in [0.717, 1.165) is 51.1 Å². The number of unbranched alkanes of at least 4 members (excludes halogenated alkanes) is 1. The summed E-state index contributed by atoms with van der Waals surface area (Å²) >= 11 is 0. The summed E-state index contributed by atoms with van der Waals surface area (Å²) in [4.78, 5) is 21.2. The number of rotatable bonds is 10. The molecule has 1 aliphatic heterocycles. The molecule has 1 amide bonds. The van der Waals surface area contributed by atoms with E-state index in [0.29, 0.717) is 12.6 Å². The van der Waals surface area contributed by atoms with Gasteiger partial charge in [-0.2, -0.15) is 0 Å². The number of benzene rings is 2. The van der Waals surface area contributed by atoms with E-state index in [4.69, 9.17) is 0 Å². The van der Waals surface area contributed by atoms with Crippen LogP contribution in [0.5, 0.6) is 0 Å². The average Bonchev–Trinajstić information content (AvgIpc) is 2.90. The summed E-state index contributed by atoms with van der Waals surface area (Å²) in [6.07, 6.45) is 8.92. The number of nitrogens with one attached hydrogen (secondary N) is 1. The minimum atomic E-state index is -0.0504. The SMILES string of the molecule is Cc1ccc(C(c2ccccc2)N2CCN(CCCCNC(=O)/C=C/c3cccnc3)CC2)cc1. The first-order valence-corrected chi connectivity index (χ1v) is 12.6. The summed E-state index contributed by atoms with van der Waals surface area (Å²) in [5.41, 5.74) is 4.95.